The van der Waals surface area contributed by atoms with E-state index in [4.69, 9.17) is 4.74 Å². The van der Waals surface area contributed by atoms with E-state index in [1.807, 2.05) is 44.2 Å². The van der Waals surface area contributed by atoms with Gasteiger partial charge in [0.2, 0.25) is 11.8 Å². The molecule has 1 aliphatic heterocycles. The van der Waals surface area contributed by atoms with Crippen LogP contribution < -0.4 is 16.0 Å². The number of amides is 3. The molecule has 3 amide bonds. The molecule has 1 aromatic carbocycles. The molecule has 1 heterocycles. The molecule has 1 unspecified atom stereocenters. The van der Waals surface area contributed by atoms with Crippen molar-refractivity contribution in [3.63, 3.8) is 0 Å². The summed E-state index contributed by atoms with van der Waals surface area (Å²) < 4.78 is 5.54. The van der Waals surface area contributed by atoms with E-state index in [-0.39, 0.29) is 24.3 Å². The van der Waals surface area contributed by atoms with Gasteiger partial charge in [-0.15, -0.1) is 0 Å². The molecule has 0 saturated carbocycles. The van der Waals surface area contributed by atoms with Crippen LogP contribution in [0.1, 0.15) is 76.7 Å². The molecule has 0 aliphatic carbocycles. The van der Waals surface area contributed by atoms with Gasteiger partial charge in [0.05, 0.1) is 6.04 Å². The largest absolute Gasteiger partial charge is 0.449 e. The molecule has 3 atom stereocenters. The van der Waals surface area contributed by atoms with Crippen LogP contribution in [0.3, 0.4) is 0 Å². The lowest BCUT2D eigenvalue weighted by Crippen LogP contribution is -2.50. The summed E-state index contributed by atoms with van der Waals surface area (Å²) in [5.41, 5.74) is 1.09. The van der Waals surface area contributed by atoms with Crippen molar-refractivity contribution in [3.05, 3.63) is 35.9 Å². The van der Waals surface area contributed by atoms with Crippen LogP contribution in [0, 0.1) is 5.92 Å². The van der Waals surface area contributed by atoms with Crippen molar-refractivity contribution in [1.82, 2.24) is 16.0 Å². The van der Waals surface area contributed by atoms with Gasteiger partial charge in [0, 0.05) is 18.9 Å². The molecule has 0 radical (unpaired) electrons. The zero-order chi connectivity index (χ0) is 24.8. The molecule has 0 bridgehead atoms. The van der Waals surface area contributed by atoms with E-state index in [0.29, 0.717) is 38.5 Å². The number of alkyl carbamates (subject to hydrolysis) is 1. The lowest BCUT2D eigenvalue weighted by molar-refractivity contribution is -0.126. The Balaban J connectivity index is 2.12. The minimum atomic E-state index is -0.799. The highest BCUT2D eigenvalue weighted by Crippen LogP contribution is 2.23. The maximum absolute atomic E-state index is 12.8. The fourth-order valence-corrected chi connectivity index (χ4v) is 4.08. The number of cyclic esters (lactones) is 1. The molecule has 8 nitrogen and oxygen atoms in total. The number of carbonyl (C=O) groups is 4. The molecule has 0 spiro atoms. The zero-order valence-electron chi connectivity index (χ0n) is 20.4. The van der Waals surface area contributed by atoms with Crippen LogP contribution in [-0.2, 0) is 19.1 Å². The van der Waals surface area contributed by atoms with E-state index in [1.165, 1.54) is 0 Å². The summed E-state index contributed by atoms with van der Waals surface area (Å²) in [6.45, 7) is 4.57. The molecule has 1 saturated heterocycles. The summed E-state index contributed by atoms with van der Waals surface area (Å²) in [7, 11) is 0. The maximum atomic E-state index is 12.8. The molecule has 1 fully saturated rings. The minimum Gasteiger partial charge on any atom is -0.449 e. The van der Waals surface area contributed by atoms with Crippen LogP contribution >= 0.6 is 0 Å². The van der Waals surface area contributed by atoms with E-state index < -0.39 is 24.1 Å². The van der Waals surface area contributed by atoms with Crippen LogP contribution in [0.15, 0.2) is 30.3 Å². The normalized spacial score (nSPS) is 24.4. The number of hydrogen-bond donors (Lipinski definition) is 3. The van der Waals surface area contributed by atoms with Gasteiger partial charge in [-0.1, -0.05) is 57.0 Å². The summed E-state index contributed by atoms with van der Waals surface area (Å²) in [6, 6.07) is 8.42. The first-order valence-corrected chi connectivity index (χ1v) is 12.4. The van der Waals surface area contributed by atoms with Crippen molar-refractivity contribution in [2.24, 2.45) is 5.92 Å². The van der Waals surface area contributed by atoms with Crippen molar-refractivity contribution >= 4 is 24.2 Å². The second-order valence-corrected chi connectivity index (χ2v) is 9.38. The molecular formula is C26H39N3O5. The SMILES string of the molecule is CC(C)C[C@@H]1NC(=O)OCC(c2ccccc2)CCCCCC(=O)NCCC[C@@H](C=O)NC1=O. The van der Waals surface area contributed by atoms with E-state index in [1.54, 1.807) is 0 Å². The van der Waals surface area contributed by atoms with Crippen LogP contribution in [0.5, 0.6) is 0 Å². The number of aldehydes is 1. The molecule has 188 valence electrons. The maximum Gasteiger partial charge on any atom is 0.407 e. The van der Waals surface area contributed by atoms with Crippen molar-refractivity contribution in [3.8, 4) is 0 Å². The number of nitrogens with one attached hydrogen (secondary N) is 3. The Morgan fingerprint density at radius 2 is 1.76 bits per heavy atom. The predicted octanol–water partition coefficient (Wildman–Crippen LogP) is 3.46. The van der Waals surface area contributed by atoms with Gasteiger partial charge in [0.1, 0.15) is 18.9 Å². The van der Waals surface area contributed by atoms with Gasteiger partial charge in [0.15, 0.2) is 0 Å². The first-order chi connectivity index (χ1) is 16.4. The highest BCUT2D eigenvalue weighted by atomic mass is 16.5. The third-order valence-electron chi connectivity index (χ3n) is 5.96. The fraction of sp³-hybridized carbons (Fsp3) is 0.615. The standard InChI is InChI=1S/C26H39N3O5/c1-19(2)16-23-25(32)28-22(17-30)13-9-15-27-24(31)14-8-4-7-12-21(18-34-26(33)29-23)20-10-5-3-6-11-20/h3,5-6,10-11,17,19,21-23H,4,7-9,12-16,18H2,1-2H3,(H,27,31)(H,28,32)(H,29,33)/t21?,22-,23-/m0/s1. The van der Waals surface area contributed by atoms with Crippen LogP contribution in [0.4, 0.5) is 4.79 Å². The van der Waals surface area contributed by atoms with Crippen LogP contribution in [0.2, 0.25) is 0 Å². The number of carbonyl (C=O) groups excluding carboxylic acids is 4. The van der Waals surface area contributed by atoms with E-state index in [0.717, 1.165) is 31.2 Å². The number of ether oxygens (including phenoxy) is 1. The van der Waals surface area contributed by atoms with Crippen LogP contribution in [0.25, 0.3) is 0 Å². The Kier molecular flexibility index (Phi) is 12.1. The highest BCUT2D eigenvalue weighted by molar-refractivity contribution is 5.87. The van der Waals surface area contributed by atoms with Gasteiger partial charge in [0.25, 0.3) is 0 Å². The van der Waals surface area contributed by atoms with Crippen molar-refractivity contribution in [2.75, 3.05) is 13.2 Å². The fourth-order valence-electron chi connectivity index (χ4n) is 4.08. The topological polar surface area (TPSA) is 114 Å². The van der Waals surface area contributed by atoms with Crippen molar-refractivity contribution < 1.29 is 23.9 Å². The van der Waals surface area contributed by atoms with Gasteiger partial charge in [-0.2, -0.15) is 0 Å². The number of benzene rings is 1. The van der Waals surface area contributed by atoms with E-state index in [9.17, 15) is 19.2 Å². The molecule has 1 aromatic rings. The smallest absolute Gasteiger partial charge is 0.407 e. The summed E-state index contributed by atoms with van der Waals surface area (Å²) >= 11 is 0. The van der Waals surface area contributed by atoms with Gasteiger partial charge in [-0.25, -0.2) is 4.79 Å². The Morgan fingerprint density at radius 1 is 1.00 bits per heavy atom. The minimum absolute atomic E-state index is 0.000609. The molecular weight excluding hydrogens is 434 g/mol. The quantitative estimate of drug-likeness (QED) is 0.580. The number of rotatable bonds is 4. The summed E-state index contributed by atoms with van der Waals surface area (Å²) in [4.78, 5) is 49.0. The Hall–Kier alpha value is -2.90. The average Bonchev–Trinajstić information content (AvgIpc) is 2.81. The predicted molar refractivity (Wildman–Crippen MR) is 130 cm³/mol. The molecule has 1 aliphatic rings. The molecule has 2 rings (SSSR count). The molecule has 8 heteroatoms. The first-order valence-electron chi connectivity index (χ1n) is 12.4. The lowest BCUT2D eigenvalue weighted by Gasteiger charge is -2.23. The zero-order valence-corrected chi connectivity index (χ0v) is 20.4. The summed E-state index contributed by atoms with van der Waals surface area (Å²) in [5.74, 6) is -0.233. The van der Waals surface area contributed by atoms with Gasteiger partial charge >= 0.3 is 6.09 Å². The Bertz CT molecular complexity index is 784. The second-order valence-electron chi connectivity index (χ2n) is 9.38. The first kappa shape index (κ1) is 27.3. The Labute approximate surface area is 202 Å². The summed E-state index contributed by atoms with van der Waals surface area (Å²) in [6.07, 6.45) is 5.35. The van der Waals surface area contributed by atoms with Gasteiger partial charge in [-0.3, -0.25) is 9.59 Å². The van der Waals surface area contributed by atoms with Crippen molar-refractivity contribution in [1.29, 1.82) is 0 Å². The lowest BCUT2D eigenvalue weighted by atomic mass is 9.93. The van der Waals surface area contributed by atoms with Gasteiger partial charge in [-0.05, 0) is 43.6 Å². The monoisotopic (exact) mass is 473 g/mol. The third-order valence-corrected chi connectivity index (χ3v) is 5.96. The third kappa shape index (κ3) is 10.4. The Morgan fingerprint density at radius 3 is 2.47 bits per heavy atom. The van der Waals surface area contributed by atoms with Gasteiger partial charge < -0.3 is 25.5 Å². The second kappa shape index (κ2) is 15.1. The molecule has 3 N–H and O–H groups in total. The number of hydrogen-bond acceptors (Lipinski definition) is 5. The molecule has 34 heavy (non-hydrogen) atoms. The average molecular weight is 474 g/mol. The van der Waals surface area contributed by atoms with E-state index >= 15 is 0 Å². The summed E-state index contributed by atoms with van der Waals surface area (Å²) in [5, 5.41) is 8.28. The van der Waals surface area contributed by atoms with Crippen LogP contribution in [-0.4, -0.2) is 49.4 Å². The van der Waals surface area contributed by atoms with E-state index in [2.05, 4.69) is 16.0 Å². The highest BCUT2D eigenvalue weighted by Gasteiger charge is 2.25. The molecule has 0 aromatic heterocycles. The van der Waals surface area contributed by atoms with Crippen molar-refractivity contribution in [2.45, 2.75) is 83.2 Å².